The third kappa shape index (κ3) is 6.98. The van der Waals surface area contributed by atoms with Crippen LogP contribution < -0.4 is 4.74 Å². The van der Waals surface area contributed by atoms with Crippen LogP contribution in [0.15, 0.2) is 71.0 Å². The predicted molar refractivity (Wildman–Crippen MR) is 194 cm³/mol. The van der Waals surface area contributed by atoms with Crippen molar-refractivity contribution in [1.29, 1.82) is 0 Å². The van der Waals surface area contributed by atoms with Gasteiger partial charge in [0.25, 0.3) is 0 Å². The van der Waals surface area contributed by atoms with Gasteiger partial charge in [-0.25, -0.2) is 0 Å². The van der Waals surface area contributed by atoms with Gasteiger partial charge in [-0.15, -0.1) is 29.1 Å². The number of carbonyl (C=O) groups excluding carboxylic acids is 1. The van der Waals surface area contributed by atoms with Crippen LogP contribution in [-0.2, 0) is 36.7 Å². The number of ether oxygens (including phenoxy) is 1. The third-order valence-electron chi connectivity index (χ3n) is 10.6. The minimum absolute atomic E-state index is 0. The molecule has 6 heteroatoms. The Hall–Kier alpha value is -3.47. The molecular formula is C42H50IrNO4-. The van der Waals surface area contributed by atoms with Crippen molar-refractivity contribution in [3.8, 4) is 17.0 Å². The summed E-state index contributed by atoms with van der Waals surface area (Å²) in [7, 11) is 0. The summed E-state index contributed by atoms with van der Waals surface area (Å²) >= 11 is 0. The number of aromatic nitrogens is 1. The van der Waals surface area contributed by atoms with Gasteiger partial charge in [0.15, 0.2) is 5.78 Å². The number of rotatable bonds is 8. The molecule has 5 aromatic rings. The van der Waals surface area contributed by atoms with Crippen LogP contribution in [0, 0.1) is 16.9 Å². The summed E-state index contributed by atoms with van der Waals surface area (Å²) in [6.07, 6.45) is 7.51. The number of aliphatic hydroxyl groups is 1. The molecule has 48 heavy (non-hydrogen) atoms. The smallest absolute Gasteiger partial charge is 0.164 e. The van der Waals surface area contributed by atoms with Gasteiger partial charge in [0.1, 0.15) is 22.7 Å². The summed E-state index contributed by atoms with van der Waals surface area (Å²) in [4.78, 5) is 17.0. The maximum absolute atomic E-state index is 12.2. The molecule has 1 aliphatic rings. The fourth-order valence-electron chi connectivity index (χ4n) is 6.31. The number of furan rings is 1. The number of ketones is 1. The molecule has 0 aliphatic carbocycles. The largest absolute Gasteiger partial charge is 0.512 e. The van der Waals surface area contributed by atoms with Gasteiger partial charge in [0.2, 0.25) is 0 Å². The monoisotopic (exact) mass is 825 g/mol. The van der Waals surface area contributed by atoms with Gasteiger partial charge in [0, 0.05) is 60.7 Å². The van der Waals surface area contributed by atoms with E-state index in [9.17, 15) is 9.90 Å². The molecule has 0 spiro atoms. The first-order valence-electron chi connectivity index (χ1n) is 17.2. The third-order valence-corrected chi connectivity index (χ3v) is 10.6. The molecule has 0 saturated heterocycles. The van der Waals surface area contributed by atoms with Crippen molar-refractivity contribution in [1.82, 2.24) is 4.98 Å². The van der Waals surface area contributed by atoms with Crippen LogP contribution in [0.3, 0.4) is 0 Å². The molecule has 0 unspecified atom stereocenters. The van der Waals surface area contributed by atoms with E-state index < -0.39 is 0 Å². The maximum atomic E-state index is 12.2. The van der Waals surface area contributed by atoms with E-state index in [4.69, 9.17) is 14.1 Å². The zero-order chi connectivity index (χ0) is 34.1. The van der Waals surface area contributed by atoms with Crippen molar-refractivity contribution in [2.75, 3.05) is 6.61 Å². The number of hydrogen-bond donors (Lipinski definition) is 1. The molecule has 1 radical (unpaired) electrons. The van der Waals surface area contributed by atoms with Crippen LogP contribution in [0.4, 0.5) is 0 Å². The molecule has 0 atom stereocenters. The van der Waals surface area contributed by atoms with Gasteiger partial charge >= 0.3 is 0 Å². The summed E-state index contributed by atoms with van der Waals surface area (Å²) in [6, 6.07) is 20.4. The molecule has 5 nitrogen and oxygen atoms in total. The van der Waals surface area contributed by atoms with E-state index in [1.54, 1.807) is 0 Å². The van der Waals surface area contributed by atoms with E-state index in [1.807, 2.05) is 53.8 Å². The minimum Gasteiger partial charge on any atom is -0.512 e. The molecule has 3 aromatic carbocycles. The van der Waals surface area contributed by atoms with Gasteiger partial charge in [0.05, 0.1) is 12.0 Å². The van der Waals surface area contributed by atoms with Crippen LogP contribution in [0.5, 0.6) is 5.75 Å². The van der Waals surface area contributed by atoms with Crippen molar-refractivity contribution >= 4 is 38.5 Å². The first kappa shape index (κ1) is 37.3. The molecule has 1 aliphatic heterocycles. The Morgan fingerprint density at radius 1 is 0.896 bits per heavy atom. The van der Waals surface area contributed by atoms with E-state index >= 15 is 0 Å². The second-order valence-corrected chi connectivity index (χ2v) is 14.5. The summed E-state index contributed by atoms with van der Waals surface area (Å²) < 4.78 is 12.2. The fourth-order valence-corrected chi connectivity index (χ4v) is 6.31. The number of pyridine rings is 1. The van der Waals surface area contributed by atoms with Gasteiger partial charge in [-0.05, 0) is 48.8 Å². The van der Waals surface area contributed by atoms with Gasteiger partial charge in [-0.3, -0.25) is 9.78 Å². The Morgan fingerprint density at radius 3 is 2.19 bits per heavy atom. The molecule has 0 fully saturated rings. The first-order valence-corrected chi connectivity index (χ1v) is 17.2. The molecule has 257 valence electrons. The zero-order valence-corrected chi connectivity index (χ0v) is 32.4. The van der Waals surface area contributed by atoms with Crippen LogP contribution >= 0.6 is 0 Å². The zero-order valence-electron chi connectivity index (χ0n) is 30.0. The topological polar surface area (TPSA) is 72.6 Å². The number of aliphatic hydroxyl groups excluding tert-OH is 1. The normalized spacial score (nSPS) is 13.6. The Morgan fingerprint density at radius 2 is 1.54 bits per heavy atom. The molecule has 2 aromatic heterocycles. The van der Waals surface area contributed by atoms with E-state index in [1.165, 1.54) is 22.6 Å². The van der Waals surface area contributed by atoms with E-state index in [2.05, 4.69) is 69.3 Å². The molecule has 6 rings (SSSR count). The quantitative estimate of drug-likeness (QED) is 0.0958. The average Bonchev–Trinajstić information content (AvgIpc) is 3.71. The second kappa shape index (κ2) is 14.6. The van der Waals surface area contributed by atoms with Crippen molar-refractivity contribution in [2.45, 2.75) is 99.8 Å². The number of fused-ring (bicyclic) bond motifs is 6. The van der Waals surface area contributed by atoms with Crippen LogP contribution in [-0.4, -0.2) is 22.5 Å². The van der Waals surface area contributed by atoms with Crippen molar-refractivity contribution in [3.63, 3.8) is 0 Å². The van der Waals surface area contributed by atoms with E-state index in [0.717, 1.165) is 76.4 Å². The molecule has 0 amide bonds. The molecule has 0 saturated carbocycles. The minimum atomic E-state index is -0.337. The van der Waals surface area contributed by atoms with Crippen LogP contribution in [0.1, 0.15) is 99.1 Å². The average molecular weight is 825 g/mol. The Kier molecular flexibility index (Phi) is 11.3. The van der Waals surface area contributed by atoms with Crippen molar-refractivity contribution in [2.24, 2.45) is 10.8 Å². The number of nitrogens with zero attached hydrogens (tertiary/aromatic N) is 1. The van der Waals surface area contributed by atoms with Crippen molar-refractivity contribution in [3.05, 3.63) is 83.8 Å². The predicted octanol–water partition coefficient (Wildman–Crippen LogP) is 11.5. The summed E-state index contributed by atoms with van der Waals surface area (Å²) in [5.74, 6) is 1.23. The summed E-state index contributed by atoms with van der Waals surface area (Å²) in [6.45, 7) is 19.5. The standard InChI is InChI=1S/C27H22NO2.C15H28O2.Ir/c1-27(2,3)20-15-18(14-17-6-4-5-7-19(17)20)25-23-22(10-12-28-25)30-21-9-8-16-11-13-29-26(16)24(21)23;1-7-14(5,8-2)12(16)11-13(17)15(6,9-3)10-4;/h4-10,12,15H,11,13H2,1-3H3;11,16H,7-10H2,1-6H3;/q-1;;/b;12-11-;. The van der Waals surface area contributed by atoms with Gasteiger partial charge in [-0.2, -0.15) is 0 Å². The first-order chi connectivity index (χ1) is 22.3. The molecule has 3 heterocycles. The number of allylic oxidation sites excluding steroid dienone is 2. The SMILES string of the molecule is CC(C)(C)c1cc(-c2nccc3oc4ccc5c(c4c23)OCC5)[c-]c2ccccc12.CCC(C)(CC)C(=O)/C=C(\O)C(C)(CC)CC.[Ir]. The van der Waals surface area contributed by atoms with E-state index in [-0.39, 0.29) is 47.9 Å². The summed E-state index contributed by atoms with van der Waals surface area (Å²) in [5.41, 5.74) is 5.48. The van der Waals surface area contributed by atoms with Crippen LogP contribution in [0.2, 0.25) is 0 Å². The Balaban J connectivity index is 0.000000251. The van der Waals surface area contributed by atoms with Crippen LogP contribution in [0.25, 0.3) is 44.0 Å². The number of hydrogen-bond acceptors (Lipinski definition) is 5. The molecule has 0 bridgehead atoms. The molecule has 1 N–H and O–H groups in total. The Bertz CT molecular complexity index is 1950. The number of benzene rings is 3. The van der Waals surface area contributed by atoms with E-state index in [0.29, 0.717) is 6.61 Å². The second-order valence-electron chi connectivity index (χ2n) is 14.5. The van der Waals surface area contributed by atoms with Gasteiger partial charge in [-0.1, -0.05) is 97.5 Å². The Labute approximate surface area is 299 Å². The summed E-state index contributed by atoms with van der Waals surface area (Å²) in [5, 5.41) is 14.5. The van der Waals surface area contributed by atoms with Gasteiger partial charge < -0.3 is 14.3 Å². The fraction of sp³-hybridized carbons (Fsp3) is 0.429. The molecular weight excluding hydrogens is 775 g/mol. The number of carbonyl (C=O) groups is 1. The maximum Gasteiger partial charge on any atom is 0.164 e. The van der Waals surface area contributed by atoms with Crippen molar-refractivity contribution < 1.29 is 39.2 Å².